The lowest BCUT2D eigenvalue weighted by Gasteiger charge is -2.50. The van der Waals surface area contributed by atoms with Crippen LogP contribution in [0.15, 0.2) is 5.16 Å². The number of hydroxylamine groups is 2. The molecular formula is C69H122N16O14S. The number of thioether (sulfide) groups is 1. The zero-order chi connectivity index (χ0) is 75.3. The molecule has 0 radical (unpaired) electrons. The SMILES string of the molecule is CC[C@@H]1NC(=O)[C@@H]2[C@@H](C(C)CCCCSc3nnnn3C)ON2C(=O)[C@H](C(C)C)N(C)C(=O)[C@H](CC(C)C)N(C)C(=O)[C@H](CC(C)C)N(C)C(=O)CNC(=O)[C@H](C)NC(=O)[C@H](CC(C)C)N(C)C(=O)[C@H](C(C)C)NC(=O)C([C@@H](C)OCCCCN2CCOCC2)N(C)C(=O)[C@@H](C)N(C)C1=O. The summed E-state index contributed by atoms with van der Waals surface area (Å²) in [6.07, 6.45) is 2.05. The van der Waals surface area contributed by atoms with Crippen molar-refractivity contribution in [1.29, 1.82) is 0 Å². The van der Waals surface area contributed by atoms with E-state index in [0.29, 0.717) is 43.4 Å². The molecule has 13 atom stereocenters. The van der Waals surface area contributed by atoms with Gasteiger partial charge in [-0.3, -0.25) is 62.5 Å². The van der Waals surface area contributed by atoms with Gasteiger partial charge < -0.3 is 60.1 Å². The molecule has 4 rings (SSSR count). The Bertz CT molecular complexity index is 2890. The highest BCUT2D eigenvalue weighted by molar-refractivity contribution is 7.99. The Morgan fingerprint density at radius 3 is 1.70 bits per heavy atom. The van der Waals surface area contributed by atoms with Crippen molar-refractivity contribution >= 4 is 76.7 Å². The molecule has 3 aliphatic rings. The first-order chi connectivity index (χ1) is 46.9. The van der Waals surface area contributed by atoms with Crippen molar-refractivity contribution in [1.82, 2.24) is 80.8 Å². The molecule has 0 aliphatic carbocycles. The minimum Gasteiger partial charge on any atom is -0.379 e. The number of hydrogen-bond donors (Lipinski definition) is 4. The van der Waals surface area contributed by atoms with Gasteiger partial charge in [0.25, 0.3) is 5.91 Å². The summed E-state index contributed by atoms with van der Waals surface area (Å²) in [7, 11) is 10.4. The molecule has 4 N–H and O–H groups in total. The summed E-state index contributed by atoms with van der Waals surface area (Å²) < 4.78 is 13.5. The standard InChI is InChI=1S/C69H122N16O14S/c1-23-49-64(92)77(16)47(14)63(91)82(21)56(48(15)98-32-26-25-29-84-30-33-97-34-31-84)61(89)73-54(43(8)9)67(95)79(18)50(36-40(2)3)60(88)71-46(13)59(87)70-39-53(86)78(17)51(37-41(4)5)65(93)80(19)52(38-42(6)7)66(94)81(20)55(44(10)11)68(96)85-57(62(90)72-49)58(99-85)45(12)28-24-27-35-100-69-74-75-76-83(69)22/h40-52,54-58H,23-39H2,1-22H3,(H,70,87)(H,71,88)(H,72,90)(H,73,89)/t45?,46-,47+,48+,49-,50-,51-,52-,54-,55-,56?,57-,58+/m0/s1. The van der Waals surface area contributed by atoms with Gasteiger partial charge in [-0.15, -0.1) is 5.10 Å². The van der Waals surface area contributed by atoms with E-state index in [1.807, 2.05) is 48.5 Å². The highest BCUT2D eigenvalue weighted by atomic mass is 32.2. The van der Waals surface area contributed by atoms with Gasteiger partial charge in [-0.25, -0.2) is 9.75 Å². The van der Waals surface area contributed by atoms with Crippen LogP contribution in [0.5, 0.6) is 0 Å². The van der Waals surface area contributed by atoms with E-state index < -0.39 is 156 Å². The molecule has 100 heavy (non-hydrogen) atoms. The normalized spacial score (nSPS) is 26.8. The van der Waals surface area contributed by atoms with E-state index in [1.54, 1.807) is 53.3 Å². The number of unbranched alkanes of at least 4 members (excludes halogenated alkanes) is 2. The summed E-state index contributed by atoms with van der Waals surface area (Å²) in [4.78, 5) is 179. The van der Waals surface area contributed by atoms with E-state index >= 15 is 28.8 Å². The molecule has 0 bridgehead atoms. The number of carbonyl (C=O) groups is 11. The third kappa shape index (κ3) is 23.5. The Hall–Kier alpha value is -6.57. The summed E-state index contributed by atoms with van der Waals surface area (Å²) in [5.74, 6) is -8.67. The van der Waals surface area contributed by atoms with E-state index in [-0.39, 0.29) is 56.0 Å². The second kappa shape index (κ2) is 40.3. The Morgan fingerprint density at radius 2 is 1.14 bits per heavy atom. The summed E-state index contributed by atoms with van der Waals surface area (Å²) in [6, 6.07) is -12.4. The van der Waals surface area contributed by atoms with Crippen molar-refractivity contribution in [2.75, 3.05) is 94.0 Å². The minimum absolute atomic E-state index is 0.0393. The first-order valence-electron chi connectivity index (χ1n) is 35.9. The van der Waals surface area contributed by atoms with Gasteiger partial charge in [0, 0.05) is 74.8 Å². The van der Waals surface area contributed by atoms with Crippen LogP contribution in [0.2, 0.25) is 0 Å². The van der Waals surface area contributed by atoms with Crippen LogP contribution in [0, 0.1) is 35.5 Å². The molecule has 1 aromatic rings. The van der Waals surface area contributed by atoms with Crippen molar-refractivity contribution in [3.63, 3.8) is 0 Å². The van der Waals surface area contributed by atoms with Gasteiger partial charge in [-0.2, -0.15) is 0 Å². The Balaban J connectivity index is 1.85. The predicted octanol–water partition coefficient (Wildman–Crippen LogP) is 2.58. The lowest BCUT2D eigenvalue weighted by atomic mass is 9.89. The first kappa shape index (κ1) is 85.8. The van der Waals surface area contributed by atoms with Crippen LogP contribution in [0.25, 0.3) is 0 Å². The smallest absolute Gasteiger partial charge is 0.270 e. The zero-order valence-corrected chi connectivity index (χ0v) is 64.7. The van der Waals surface area contributed by atoms with Gasteiger partial charge in [-0.05, 0) is 125 Å². The summed E-state index contributed by atoms with van der Waals surface area (Å²) >= 11 is 1.50. The number of aryl methyl sites for hydroxylation is 1. The lowest BCUT2D eigenvalue weighted by molar-refractivity contribution is -0.322. The average molecular weight is 1430 g/mol. The number of tetrazole rings is 1. The van der Waals surface area contributed by atoms with Crippen LogP contribution in [0.1, 0.15) is 162 Å². The molecule has 1 aromatic heterocycles. The number of aromatic nitrogens is 4. The van der Waals surface area contributed by atoms with Gasteiger partial charge in [-0.1, -0.05) is 101 Å². The number of morpholine rings is 1. The third-order valence-electron chi connectivity index (χ3n) is 19.3. The quantitative estimate of drug-likeness (QED) is 0.0904. The van der Waals surface area contributed by atoms with Crippen molar-refractivity contribution in [3.05, 3.63) is 0 Å². The van der Waals surface area contributed by atoms with Crippen LogP contribution < -0.4 is 21.3 Å². The zero-order valence-electron chi connectivity index (χ0n) is 63.9. The fraction of sp³-hybridized carbons (Fsp3) is 0.826. The average Bonchev–Trinajstić information content (AvgIpc) is 0.833. The molecule has 31 heteroatoms. The summed E-state index contributed by atoms with van der Waals surface area (Å²) in [6.45, 7) is 29.7. The predicted molar refractivity (Wildman–Crippen MR) is 378 cm³/mol. The van der Waals surface area contributed by atoms with Crippen molar-refractivity contribution in [2.24, 2.45) is 42.6 Å². The first-order valence-corrected chi connectivity index (χ1v) is 36.9. The highest BCUT2D eigenvalue weighted by Crippen LogP contribution is 2.35. The topological polar surface area (TPSA) is 333 Å². The number of ether oxygens (including phenoxy) is 2. The monoisotopic (exact) mass is 1430 g/mol. The molecule has 0 aromatic carbocycles. The van der Waals surface area contributed by atoms with Crippen LogP contribution >= 0.6 is 11.8 Å². The van der Waals surface area contributed by atoms with E-state index in [2.05, 4.69) is 41.7 Å². The van der Waals surface area contributed by atoms with E-state index in [0.717, 1.165) is 37.5 Å². The Kier molecular flexibility index (Phi) is 34.6. The number of fused-ring (bicyclic) bond motifs is 1. The largest absolute Gasteiger partial charge is 0.379 e. The second-order valence-corrected chi connectivity index (χ2v) is 30.5. The number of rotatable bonds is 23. The van der Waals surface area contributed by atoms with E-state index in [1.165, 1.54) is 97.3 Å². The van der Waals surface area contributed by atoms with Crippen molar-refractivity contribution in [3.8, 4) is 0 Å². The van der Waals surface area contributed by atoms with Gasteiger partial charge >= 0.3 is 0 Å². The van der Waals surface area contributed by atoms with Gasteiger partial charge in [0.1, 0.15) is 60.5 Å². The maximum absolute atomic E-state index is 15.4. The maximum Gasteiger partial charge on any atom is 0.270 e. The van der Waals surface area contributed by atoms with Crippen molar-refractivity contribution in [2.45, 2.75) is 239 Å². The number of carbonyl (C=O) groups excluding carboxylic acids is 11. The van der Waals surface area contributed by atoms with E-state index in [9.17, 15) is 24.0 Å². The molecule has 11 amide bonds. The summed E-state index contributed by atoms with van der Waals surface area (Å²) in [5.41, 5.74) is 0. The molecule has 568 valence electrons. The van der Waals surface area contributed by atoms with Crippen LogP contribution in [0.4, 0.5) is 0 Å². The number of nitrogens with one attached hydrogen (secondary N) is 4. The van der Waals surface area contributed by atoms with Crippen LogP contribution in [-0.4, -0.2) is 291 Å². The minimum atomic E-state index is -1.39. The fourth-order valence-electron chi connectivity index (χ4n) is 12.9. The molecule has 30 nitrogen and oxygen atoms in total. The molecular weight excluding hydrogens is 1310 g/mol. The van der Waals surface area contributed by atoms with Gasteiger partial charge in [0.15, 0.2) is 6.04 Å². The number of amides is 11. The molecule has 0 saturated carbocycles. The van der Waals surface area contributed by atoms with Crippen LogP contribution in [-0.2, 0) is 74.1 Å². The number of hydrogen-bond acceptors (Lipinski definition) is 19. The molecule has 3 fully saturated rings. The Morgan fingerprint density at radius 1 is 0.570 bits per heavy atom. The Labute approximate surface area is 598 Å². The maximum atomic E-state index is 15.4. The molecule has 3 saturated heterocycles. The second-order valence-electron chi connectivity index (χ2n) is 29.5. The van der Waals surface area contributed by atoms with Crippen LogP contribution in [0.3, 0.4) is 0 Å². The number of nitrogens with zero attached hydrogens (tertiary/aromatic N) is 12. The third-order valence-corrected chi connectivity index (χ3v) is 20.4. The number of likely N-dealkylation sites (N-methyl/N-ethyl adjacent to an activating group) is 6. The lowest BCUT2D eigenvalue weighted by Crippen LogP contribution is -2.72. The van der Waals surface area contributed by atoms with E-state index in [4.69, 9.17) is 14.3 Å². The molecule has 3 aliphatic heterocycles. The molecule has 0 spiro atoms. The van der Waals surface area contributed by atoms with Gasteiger partial charge in [0.2, 0.25) is 64.2 Å². The highest BCUT2D eigenvalue weighted by Gasteiger charge is 2.55. The molecule has 4 heterocycles. The summed E-state index contributed by atoms with van der Waals surface area (Å²) in [5, 5.41) is 24.4. The van der Waals surface area contributed by atoms with Crippen molar-refractivity contribution < 1.29 is 67.1 Å². The van der Waals surface area contributed by atoms with Gasteiger partial charge in [0.05, 0.1) is 25.9 Å². The fourth-order valence-corrected chi connectivity index (χ4v) is 13.8. The molecule has 2 unspecified atom stereocenters.